The van der Waals surface area contributed by atoms with Crippen LogP contribution in [0.4, 0.5) is 5.69 Å². The number of hydrazone groups is 1. The van der Waals surface area contributed by atoms with E-state index in [1.807, 2.05) is 60.7 Å². The number of rotatable bonds is 5. The molecule has 1 aromatic heterocycles. The highest BCUT2D eigenvalue weighted by molar-refractivity contribution is 6.05. The lowest BCUT2D eigenvalue weighted by Gasteiger charge is -2.26. The second kappa shape index (κ2) is 9.26. The van der Waals surface area contributed by atoms with E-state index in [1.165, 1.54) is 4.68 Å². The predicted octanol–water partition coefficient (Wildman–Crippen LogP) is 4.45. The lowest BCUT2D eigenvalue weighted by Crippen LogP contribution is -2.29. The first-order valence-electron chi connectivity index (χ1n) is 11.1. The number of fused-ring (bicyclic) bond motifs is 2. The van der Waals surface area contributed by atoms with Crippen LogP contribution in [0.1, 0.15) is 40.0 Å². The molecule has 8 nitrogen and oxygen atoms in total. The molecule has 2 heterocycles. The summed E-state index contributed by atoms with van der Waals surface area (Å²) >= 11 is 0. The second-order valence-electron chi connectivity index (χ2n) is 8.16. The number of hydrogen-bond donors (Lipinski definition) is 2. The fourth-order valence-electron chi connectivity index (χ4n) is 4.07. The molecule has 2 amide bonds. The summed E-state index contributed by atoms with van der Waals surface area (Å²) in [6, 6.07) is 23.9. The van der Waals surface area contributed by atoms with E-state index in [0.29, 0.717) is 28.6 Å². The van der Waals surface area contributed by atoms with Crippen LogP contribution in [0, 0.1) is 0 Å². The maximum atomic E-state index is 13.3. The van der Waals surface area contributed by atoms with E-state index in [4.69, 9.17) is 4.74 Å². The van der Waals surface area contributed by atoms with Gasteiger partial charge in [0.1, 0.15) is 17.2 Å². The molecule has 0 saturated heterocycles. The zero-order valence-corrected chi connectivity index (χ0v) is 19.2. The molecule has 8 heteroatoms. The number of carbonyl (C=O) groups is 2. The average Bonchev–Trinajstić information content (AvgIpc) is 3.31. The largest absolute Gasteiger partial charge is 0.457 e. The van der Waals surface area contributed by atoms with Crippen LogP contribution in [0.25, 0.3) is 0 Å². The molecule has 0 bridgehead atoms. The molecule has 1 aliphatic rings. The fraction of sp³-hybridized carbons (Fsp3) is 0.111. The highest BCUT2D eigenvalue weighted by Crippen LogP contribution is 2.43. The van der Waals surface area contributed by atoms with Crippen LogP contribution in [0.3, 0.4) is 0 Å². The van der Waals surface area contributed by atoms with Gasteiger partial charge >= 0.3 is 0 Å². The van der Waals surface area contributed by atoms with Gasteiger partial charge in [-0.05, 0) is 42.8 Å². The number of nitrogens with one attached hydrogen (secondary N) is 2. The first-order chi connectivity index (χ1) is 17.0. The van der Waals surface area contributed by atoms with Gasteiger partial charge in [0.2, 0.25) is 0 Å². The Bertz CT molecular complexity index is 1410. The van der Waals surface area contributed by atoms with Crippen molar-refractivity contribution in [2.45, 2.75) is 12.8 Å². The summed E-state index contributed by atoms with van der Waals surface area (Å²) in [5.41, 5.74) is 6.72. The molecule has 1 aliphatic heterocycles. The minimum Gasteiger partial charge on any atom is -0.457 e. The number of benzene rings is 3. The van der Waals surface area contributed by atoms with E-state index < -0.39 is 5.92 Å². The minimum atomic E-state index is -0.544. The molecule has 174 valence electrons. The molecule has 0 unspecified atom stereocenters. The summed E-state index contributed by atoms with van der Waals surface area (Å²) in [5, 5.41) is 11.2. The molecule has 4 aromatic rings. The van der Waals surface area contributed by atoms with E-state index in [9.17, 15) is 9.59 Å². The van der Waals surface area contributed by atoms with E-state index in [0.717, 1.165) is 16.7 Å². The molecular weight excluding hydrogens is 442 g/mol. The molecule has 5 rings (SSSR count). The van der Waals surface area contributed by atoms with Crippen molar-refractivity contribution in [3.8, 4) is 11.5 Å². The van der Waals surface area contributed by atoms with Gasteiger partial charge in [0, 0.05) is 30.1 Å². The molecular formula is C27H23N5O3. The van der Waals surface area contributed by atoms with Gasteiger partial charge in [-0.25, -0.2) is 5.43 Å². The molecule has 0 atom stereocenters. The smallest absolute Gasteiger partial charge is 0.273 e. The molecule has 0 radical (unpaired) electrons. The molecule has 0 fully saturated rings. The number of anilines is 1. The van der Waals surface area contributed by atoms with Gasteiger partial charge in [0.25, 0.3) is 11.8 Å². The van der Waals surface area contributed by atoms with Crippen molar-refractivity contribution in [2.24, 2.45) is 12.1 Å². The number of amides is 2. The summed E-state index contributed by atoms with van der Waals surface area (Å²) in [6.07, 6.45) is 1.57. The van der Waals surface area contributed by atoms with Gasteiger partial charge in [-0.1, -0.05) is 48.5 Å². The van der Waals surface area contributed by atoms with E-state index in [2.05, 4.69) is 20.9 Å². The third kappa shape index (κ3) is 4.41. The van der Waals surface area contributed by atoms with Gasteiger partial charge < -0.3 is 10.1 Å². The Hall–Kier alpha value is -4.72. The topological polar surface area (TPSA) is 97.6 Å². The van der Waals surface area contributed by atoms with Crippen molar-refractivity contribution in [1.29, 1.82) is 0 Å². The molecule has 35 heavy (non-hydrogen) atoms. The molecule has 3 aromatic carbocycles. The monoisotopic (exact) mass is 465 g/mol. The third-order valence-electron chi connectivity index (χ3n) is 5.87. The summed E-state index contributed by atoms with van der Waals surface area (Å²) in [7, 11) is 1.71. The average molecular weight is 466 g/mol. The number of ether oxygens (including phenoxy) is 1. The van der Waals surface area contributed by atoms with Crippen molar-refractivity contribution < 1.29 is 14.3 Å². The van der Waals surface area contributed by atoms with Crippen molar-refractivity contribution in [3.63, 3.8) is 0 Å². The minimum absolute atomic E-state index is 0.256. The Morgan fingerprint density at radius 2 is 1.63 bits per heavy atom. The van der Waals surface area contributed by atoms with Gasteiger partial charge in [-0.15, -0.1) is 0 Å². The first-order valence-corrected chi connectivity index (χ1v) is 11.1. The zero-order valence-electron chi connectivity index (χ0n) is 19.2. The van der Waals surface area contributed by atoms with Crippen LogP contribution in [-0.2, 0) is 11.8 Å². The summed E-state index contributed by atoms with van der Waals surface area (Å²) in [4.78, 5) is 25.8. The SMILES string of the molecule is CC(=NNC(=O)C1c2ccccc2Oc2ccccc21)c1cccc(NC(=O)c2ccnn2C)c1. The number of aryl methyl sites for hydroxylation is 1. The van der Waals surface area contributed by atoms with Crippen LogP contribution in [0.5, 0.6) is 11.5 Å². The third-order valence-corrected chi connectivity index (χ3v) is 5.87. The summed E-state index contributed by atoms with van der Waals surface area (Å²) in [5.74, 6) is 0.250. The van der Waals surface area contributed by atoms with Gasteiger partial charge in [0.15, 0.2) is 0 Å². The lowest BCUT2D eigenvalue weighted by molar-refractivity contribution is -0.121. The Kier molecular flexibility index (Phi) is 5.85. The van der Waals surface area contributed by atoms with Crippen molar-refractivity contribution in [2.75, 3.05) is 5.32 Å². The Morgan fingerprint density at radius 1 is 0.943 bits per heavy atom. The van der Waals surface area contributed by atoms with E-state index in [1.54, 1.807) is 38.4 Å². The van der Waals surface area contributed by atoms with Gasteiger partial charge in [-0.2, -0.15) is 10.2 Å². The fourth-order valence-corrected chi connectivity index (χ4v) is 4.07. The number of para-hydroxylation sites is 2. The quantitative estimate of drug-likeness (QED) is 0.336. The number of hydrogen-bond acceptors (Lipinski definition) is 5. The standard InChI is InChI=1S/C27H23N5O3/c1-17(18-8-7-9-19(16-18)29-26(33)22-14-15-28-32(22)2)30-31-27(34)25-20-10-3-5-12-23(20)35-24-13-6-4-11-21(24)25/h3-16,25H,1-2H3,(H,29,33)(H,31,34). The van der Waals surface area contributed by atoms with Crippen LogP contribution < -0.4 is 15.5 Å². The Morgan fingerprint density at radius 3 is 2.29 bits per heavy atom. The molecule has 2 N–H and O–H groups in total. The van der Waals surface area contributed by atoms with Crippen LogP contribution in [0.2, 0.25) is 0 Å². The predicted molar refractivity (Wildman–Crippen MR) is 133 cm³/mol. The maximum Gasteiger partial charge on any atom is 0.273 e. The van der Waals surface area contributed by atoms with Gasteiger partial charge in [-0.3, -0.25) is 14.3 Å². The first kappa shape index (κ1) is 22.1. The Labute approximate surface area is 202 Å². The highest BCUT2D eigenvalue weighted by atomic mass is 16.5. The number of aromatic nitrogens is 2. The van der Waals surface area contributed by atoms with E-state index >= 15 is 0 Å². The van der Waals surface area contributed by atoms with E-state index in [-0.39, 0.29) is 11.8 Å². The van der Waals surface area contributed by atoms with Crippen LogP contribution >= 0.6 is 0 Å². The number of nitrogens with zero attached hydrogens (tertiary/aromatic N) is 3. The van der Waals surface area contributed by atoms with Crippen molar-refractivity contribution in [3.05, 3.63) is 107 Å². The van der Waals surface area contributed by atoms with Crippen molar-refractivity contribution in [1.82, 2.24) is 15.2 Å². The molecule has 0 aliphatic carbocycles. The van der Waals surface area contributed by atoms with Gasteiger partial charge in [0.05, 0.1) is 11.6 Å². The van der Waals surface area contributed by atoms with Crippen molar-refractivity contribution >= 4 is 23.2 Å². The van der Waals surface area contributed by atoms with Crippen LogP contribution in [-0.4, -0.2) is 27.3 Å². The summed E-state index contributed by atoms with van der Waals surface area (Å²) in [6.45, 7) is 1.80. The second-order valence-corrected chi connectivity index (χ2v) is 8.16. The lowest BCUT2D eigenvalue weighted by atomic mass is 9.87. The maximum absolute atomic E-state index is 13.3. The highest BCUT2D eigenvalue weighted by Gasteiger charge is 2.32. The Balaban J connectivity index is 1.35. The summed E-state index contributed by atoms with van der Waals surface area (Å²) < 4.78 is 7.48. The molecule has 0 spiro atoms. The molecule has 0 saturated carbocycles. The number of carbonyl (C=O) groups excluding carboxylic acids is 2. The van der Waals surface area contributed by atoms with Crippen LogP contribution in [0.15, 0.2) is 90.2 Å². The zero-order chi connectivity index (χ0) is 24.4. The normalized spacial score (nSPS) is 12.8.